The summed E-state index contributed by atoms with van der Waals surface area (Å²) < 4.78 is 1.90. The van der Waals surface area contributed by atoms with Gasteiger partial charge in [0.05, 0.1) is 6.04 Å². The topological polar surface area (TPSA) is 71.8 Å². The molecule has 2 N–H and O–H groups in total. The third-order valence-electron chi connectivity index (χ3n) is 4.71. The highest BCUT2D eigenvalue weighted by Crippen LogP contribution is 2.38. The first-order valence-corrected chi connectivity index (χ1v) is 10.3. The van der Waals surface area contributed by atoms with E-state index in [1.54, 1.807) is 0 Å². The molecule has 4 rings (SSSR count). The summed E-state index contributed by atoms with van der Waals surface area (Å²) in [7, 11) is 0. The first-order valence-electron chi connectivity index (χ1n) is 9.45. The van der Waals surface area contributed by atoms with Crippen LogP contribution in [0.1, 0.15) is 30.5 Å². The fraction of sp³-hybridized carbons (Fsp3) is 0.286. The van der Waals surface area contributed by atoms with Crippen molar-refractivity contribution in [3.63, 3.8) is 0 Å². The van der Waals surface area contributed by atoms with E-state index in [1.165, 1.54) is 17.3 Å². The van der Waals surface area contributed by atoms with Crippen molar-refractivity contribution in [1.82, 2.24) is 20.2 Å². The molecular weight excluding hydrogens is 370 g/mol. The van der Waals surface area contributed by atoms with Crippen LogP contribution < -0.4 is 10.7 Å². The first kappa shape index (κ1) is 18.6. The third kappa shape index (κ3) is 3.62. The summed E-state index contributed by atoms with van der Waals surface area (Å²) in [6.07, 6.45) is 0.903. The number of thioether (sulfide) groups is 1. The van der Waals surface area contributed by atoms with Crippen LogP contribution in [0.3, 0.4) is 0 Å². The lowest BCUT2D eigenvalue weighted by Crippen LogP contribution is -2.44. The number of benzene rings is 2. The first-order chi connectivity index (χ1) is 13.7. The maximum absolute atomic E-state index is 12.9. The van der Waals surface area contributed by atoms with E-state index in [-0.39, 0.29) is 17.2 Å². The van der Waals surface area contributed by atoms with Crippen molar-refractivity contribution in [2.45, 2.75) is 36.7 Å². The van der Waals surface area contributed by atoms with Gasteiger partial charge in [-0.25, -0.2) is 4.68 Å². The van der Waals surface area contributed by atoms with Gasteiger partial charge in [-0.05, 0) is 18.9 Å². The molecule has 0 aliphatic carbocycles. The fourth-order valence-corrected chi connectivity index (χ4v) is 4.31. The molecule has 6 nitrogen and oxygen atoms in total. The summed E-state index contributed by atoms with van der Waals surface area (Å²) in [4.78, 5) is 12.9. The highest BCUT2D eigenvalue weighted by Gasteiger charge is 2.37. The highest BCUT2D eigenvalue weighted by molar-refractivity contribution is 8.00. The molecule has 0 saturated heterocycles. The van der Waals surface area contributed by atoms with Crippen molar-refractivity contribution in [1.29, 1.82) is 0 Å². The Labute approximate surface area is 168 Å². The second-order valence-corrected chi connectivity index (χ2v) is 7.96. The quantitative estimate of drug-likeness (QED) is 0.694. The predicted molar refractivity (Wildman–Crippen MR) is 112 cm³/mol. The van der Waals surface area contributed by atoms with Gasteiger partial charge in [0.15, 0.2) is 5.82 Å². The van der Waals surface area contributed by atoms with Crippen molar-refractivity contribution >= 4 is 17.7 Å². The Morgan fingerprint density at radius 2 is 1.89 bits per heavy atom. The summed E-state index contributed by atoms with van der Waals surface area (Å²) in [5.74, 6) is 0.757. The second kappa shape index (κ2) is 8.06. The van der Waals surface area contributed by atoms with Gasteiger partial charge in [0.2, 0.25) is 11.1 Å². The van der Waals surface area contributed by atoms with Gasteiger partial charge >= 0.3 is 0 Å². The van der Waals surface area contributed by atoms with Crippen molar-refractivity contribution in [3.05, 3.63) is 65.7 Å². The minimum absolute atomic E-state index is 0.0143. The lowest BCUT2D eigenvalue weighted by atomic mass is 10.0. The van der Waals surface area contributed by atoms with Crippen LogP contribution in [-0.2, 0) is 4.79 Å². The Balaban J connectivity index is 1.72. The number of amides is 1. The number of aromatic nitrogens is 3. The third-order valence-corrected chi connectivity index (χ3v) is 5.93. The zero-order valence-electron chi connectivity index (χ0n) is 15.9. The SMILES string of the molecule is CCCNC(=O)[C@@H]1Sc2nnc(-c3ccccc3)n2N[C@H]1c1ccc(C)cc1. The molecule has 1 amide bonds. The molecule has 2 aromatic carbocycles. The van der Waals surface area contributed by atoms with E-state index in [0.717, 1.165) is 23.4 Å². The number of fused-ring (bicyclic) bond motifs is 1. The molecule has 0 spiro atoms. The summed E-state index contributed by atoms with van der Waals surface area (Å²) >= 11 is 1.45. The molecule has 28 heavy (non-hydrogen) atoms. The number of nitrogens with zero attached hydrogens (tertiary/aromatic N) is 3. The van der Waals surface area contributed by atoms with E-state index >= 15 is 0 Å². The van der Waals surface area contributed by atoms with E-state index in [0.29, 0.717) is 11.7 Å². The minimum atomic E-state index is -0.324. The number of carbonyl (C=O) groups is 1. The van der Waals surface area contributed by atoms with Crippen molar-refractivity contribution in [2.24, 2.45) is 0 Å². The molecule has 2 heterocycles. The van der Waals surface area contributed by atoms with Crippen LogP contribution in [0, 0.1) is 6.92 Å². The van der Waals surface area contributed by atoms with Gasteiger partial charge in [0.25, 0.3) is 0 Å². The summed E-state index contributed by atoms with van der Waals surface area (Å²) in [5, 5.41) is 12.1. The van der Waals surface area contributed by atoms with Crippen molar-refractivity contribution in [3.8, 4) is 11.4 Å². The molecule has 0 radical (unpaired) electrons. The van der Waals surface area contributed by atoms with E-state index in [9.17, 15) is 4.79 Å². The van der Waals surface area contributed by atoms with Gasteiger partial charge in [-0.2, -0.15) is 0 Å². The number of rotatable bonds is 5. The molecule has 0 fully saturated rings. The maximum atomic E-state index is 12.9. The lowest BCUT2D eigenvalue weighted by molar-refractivity contribution is -0.120. The predicted octanol–water partition coefficient (Wildman–Crippen LogP) is 3.54. The Kier molecular flexibility index (Phi) is 5.34. The molecule has 1 aliphatic heterocycles. The molecule has 0 saturated carbocycles. The molecule has 0 bridgehead atoms. The van der Waals surface area contributed by atoms with Gasteiger partial charge in [0, 0.05) is 12.1 Å². The molecular formula is C21H23N5OS. The van der Waals surface area contributed by atoms with Gasteiger partial charge in [-0.15, -0.1) is 10.2 Å². The zero-order valence-corrected chi connectivity index (χ0v) is 16.7. The van der Waals surface area contributed by atoms with Gasteiger partial charge < -0.3 is 10.7 Å². The van der Waals surface area contributed by atoms with Gasteiger partial charge in [0.1, 0.15) is 5.25 Å². The fourth-order valence-electron chi connectivity index (χ4n) is 3.20. The average molecular weight is 394 g/mol. The van der Waals surface area contributed by atoms with Crippen molar-refractivity contribution in [2.75, 3.05) is 12.0 Å². The maximum Gasteiger partial charge on any atom is 0.236 e. The zero-order chi connectivity index (χ0) is 19.5. The monoisotopic (exact) mass is 393 g/mol. The Morgan fingerprint density at radius 1 is 1.14 bits per heavy atom. The molecule has 1 aliphatic rings. The smallest absolute Gasteiger partial charge is 0.236 e. The molecule has 7 heteroatoms. The van der Waals surface area contributed by atoms with Crippen LogP contribution >= 0.6 is 11.8 Å². The standard InChI is InChI=1S/C21H23N5OS/c1-3-13-22-20(27)18-17(15-11-9-14(2)10-12-15)25-26-19(23-24-21(26)28-18)16-7-5-4-6-8-16/h4-12,17-18,25H,3,13H2,1-2H3,(H,22,27)/t17-,18+/m0/s1. The molecule has 2 atom stereocenters. The van der Waals surface area contributed by atoms with Gasteiger partial charge in [-0.3, -0.25) is 4.79 Å². The van der Waals surface area contributed by atoms with Crippen LogP contribution in [0.4, 0.5) is 0 Å². The summed E-state index contributed by atoms with van der Waals surface area (Å²) in [6.45, 7) is 4.77. The van der Waals surface area contributed by atoms with Gasteiger partial charge in [-0.1, -0.05) is 78.8 Å². The number of hydrogen-bond donors (Lipinski definition) is 2. The highest BCUT2D eigenvalue weighted by atomic mass is 32.2. The number of hydrogen-bond acceptors (Lipinski definition) is 5. The number of carbonyl (C=O) groups excluding carboxylic acids is 1. The number of aryl methyl sites for hydroxylation is 1. The van der Waals surface area contributed by atoms with Crippen LogP contribution in [0.2, 0.25) is 0 Å². The Bertz CT molecular complexity index is 955. The summed E-state index contributed by atoms with van der Waals surface area (Å²) in [5.41, 5.74) is 6.73. The van der Waals surface area contributed by atoms with E-state index in [2.05, 4.69) is 52.1 Å². The number of nitrogens with one attached hydrogen (secondary N) is 2. The van der Waals surface area contributed by atoms with E-state index in [1.807, 2.05) is 41.9 Å². The van der Waals surface area contributed by atoms with Crippen LogP contribution in [0.25, 0.3) is 11.4 Å². The minimum Gasteiger partial charge on any atom is -0.355 e. The Hall–Kier alpha value is -2.80. The largest absolute Gasteiger partial charge is 0.355 e. The normalized spacial score (nSPS) is 18.2. The van der Waals surface area contributed by atoms with Crippen molar-refractivity contribution < 1.29 is 4.79 Å². The average Bonchev–Trinajstić information content (AvgIpc) is 3.15. The molecule has 0 unspecified atom stereocenters. The van der Waals surface area contributed by atoms with E-state index in [4.69, 9.17) is 0 Å². The van der Waals surface area contributed by atoms with Crippen LogP contribution in [0.5, 0.6) is 0 Å². The Morgan fingerprint density at radius 3 is 2.61 bits per heavy atom. The van der Waals surface area contributed by atoms with Crippen LogP contribution in [-0.4, -0.2) is 32.6 Å². The lowest BCUT2D eigenvalue weighted by Gasteiger charge is -2.33. The molecule has 3 aromatic rings. The second-order valence-electron chi connectivity index (χ2n) is 6.85. The van der Waals surface area contributed by atoms with E-state index < -0.39 is 0 Å². The summed E-state index contributed by atoms with van der Waals surface area (Å²) in [6, 6.07) is 18.0. The molecule has 144 valence electrons. The van der Waals surface area contributed by atoms with Crippen LogP contribution in [0.15, 0.2) is 59.8 Å². The molecule has 1 aromatic heterocycles.